The third kappa shape index (κ3) is 6.92. The normalized spacial score (nSPS) is 11.4. The molecule has 0 radical (unpaired) electrons. The molecule has 0 bridgehead atoms. The van der Waals surface area contributed by atoms with Gasteiger partial charge in [0.25, 0.3) is 0 Å². The summed E-state index contributed by atoms with van der Waals surface area (Å²) in [5.74, 6) is 0. The van der Waals surface area contributed by atoms with Gasteiger partial charge in [0.2, 0.25) is 0 Å². The van der Waals surface area contributed by atoms with Crippen molar-refractivity contribution in [1.82, 2.24) is 0 Å². The van der Waals surface area contributed by atoms with Crippen molar-refractivity contribution >= 4 is 71.7 Å². The van der Waals surface area contributed by atoms with Gasteiger partial charge in [-0.1, -0.05) is 0 Å². The molecule has 5 heavy (non-hydrogen) atoms. The Labute approximate surface area is 72.1 Å². The Bertz CT molecular complexity index is 17.6. The van der Waals surface area contributed by atoms with E-state index < -0.39 is 0 Å². The molecule has 0 N–H and O–H groups in total. The van der Waals surface area contributed by atoms with Crippen LogP contribution in [0.5, 0.6) is 0 Å². The molecule has 0 aliphatic carbocycles. The van der Waals surface area contributed by atoms with Gasteiger partial charge >= 0.3 is 74.1 Å². The maximum atomic E-state index is 2.54. The van der Waals surface area contributed by atoms with Gasteiger partial charge in [-0.15, -0.1) is 0 Å². The molecule has 0 amide bonds. The van der Waals surface area contributed by atoms with Crippen LogP contribution in [0.15, 0.2) is 0 Å². The number of hydrogen-bond donors (Lipinski definition) is 0. The molecule has 0 aromatic carbocycles. The van der Waals surface area contributed by atoms with E-state index in [0.717, 1.165) is 0 Å². The van der Waals surface area contributed by atoms with Crippen molar-refractivity contribution in [3.63, 3.8) is 0 Å². The fraction of sp³-hybridized carbons (Fsp3) is 1.00. The van der Waals surface area contributed by atoms with Gasteiger partial charge in [0.05, 0.1) is 0 Å². The summed E-state index contributed by atoms with van der Waals surface area (Å²) < 4.78 is 1.41. The maximum absolute atomic E-state index is 2.54. The Morgan fingerprint density at radius 2 is 1.60 bits per heavy atom. The van der Waals surface area contributed by atoms with Gasteiger partial charge in [0.15, 0.2) is 0 Å². The molecule has 0 saturated heterocycles. The SMILES string of the molecule is ICI(I)I. The first kappa shape index (κ1) is 7.92. The van der Waals surface area contributed by atoms with Crippen LogP contribution in [-0.2, 0) is 0 Å². The fourth-order valence-corrected chi connectivity index (χ4v) is 0. The van der Waals surface area contributed by atoms with Crippen LogP contribution >= 0.6 is 71.7 Å². The van der Waals surface area contributed by atoms with E-state index in [2.05, 4.69) is 59.8 Å². The summed E-state index contributed by atoms with van der Waals surface area (Å²) in [7, 11) is 0. The number of halogens is 4. The van der Waals surface area contributed by atoms with Crippen molar-refractivity contribution in [2.45, 2.75) is 0 Å². The first-order chi connectivity index (χ1) is 2.27. The van der Waals surface area contributed by atoms with Gasteiger partial charge in [-0.25, -0.2) is 0 Å². The molecule has 0 aliphatic heterocycles. The quantitative estimate of drug-likeness (QED) is 0.366. The Morgan fingerprint density at radius 1 is 1.40 bits per heavy atom. The Balaban J connectivity index is 2.54. The zero-order valence-electron chi connectivity index (χ0n) is 2.22. The van der Waals surface area contributed by atoms with Crippen LogP contribution in [-0.4, -0.2) is 2.43 Å². The van der Waals surface area contributed by atoms with Crippen LogP contribution in [0.2, 0.25) is 0 Å². The zero-order chi connectivity index (χ0) is 4.28. The topological polar surface area (TPSA) is 0 Å². The van der Waals surface area contributed by atoms with Crippen molar-refractivity contribution in [3.8, 4) is 0 Å². The zero-order valence-corrected chi connectivity index (χ0v) is 10.8. The van der Waals surface area contributed by atoms with Crippen LogP contribution in [0.1, 0.15) is 0 Å². The van der Waals surface area contributed by atoms with E-state index in [1.807, 2.05) is 0 Å². The van der Waals surface area contributed by atoms with Crippen molar-refractivity contribution in [2.75, 3.05) is 2.43 Å². The summed E-state index contributed by atoms with van der Waals surface area (Å²) in [5, 5.41) is 0. The average Bonchev–Trinajstić information content (AvgIpc) is 1.38. The monoisotopic (exact) mass is 522 g/mol. The molecular weight excluding hydrogens is 520 g/mol. The second-order valence-electron chi connectivity index (χ2n) is 0.357. The molecule has 0 saturated carbocycles. The second kappa shape index (κ2) is 5.06. The predicted octanol–water partition coefficient (Wildman–Crippen LogP) is 3.59. The molecule has 0 rings (SSSR count). The Morgan fingerprint density at radius 3 is 1.60 bits per heavy atom. The van der Waals surface area contributed by atoms with Crippen molar-refractivity contribution in [3.05, 3.63) is 0 Å². The summed E-state index contributed by atoms with van der Waals surface area (Å²) in [5.41, 5.74) is 0. The van der Waals surface area contributed by atoms with Gasteiger partial charge in [-0.2, -0.15) is 0 Å². The van der Waals surface area contributed by atoms with Crippen LogP contribution in [0.4, 0.5) is 0 Å². The molecule has 0 aromatic heterocycles. The van der Waals surface area contributed by atoms with E-state index in [9.17, 15) is 0 Å². The van der Waals surface area contributed by atoms with Gasteiger partial charge in [0, 0.05) is 0 Å². The number of alkyl halides is 2. The minimum atomic E-state index is -0.355. The van der Waals surface area contributed by atoms with Crippen molar-refractivity contribution in [2.24, 2.45) is 0 Å². The molecule has 0 heterocycles. The van der Waals surface area contributed by atoms with Crippen LogP contribution < -0.4 is 0 Å². The van der Waals surface area contributed by atoms with Crippen molar-refractivity contribution < 1.29 is 0 Å². The molecule has 0 atom stereocenters. The van der Waals surface area contributed by atoms with E-state index in [1.54, 1.807) is 0 Å². The Hall–Kier alpha value is 2.92. The standard InChI is InChI=1S/CH2I4/c2-1-5(3)4/h1H2. The molecule has 0 fully saturated rings. The fourth-order valence-electron chi connectivity index (χ4n) is 0. The summed E-state index contributed by atoms with van der Waals surface area (Å²) in [6, 6.07) is 0. The average molecular weight is 522 g/mol. The molecule has 0 aromatic rings. The molecule has 34 valence electrons. The third-order valence-electron chi connectivity index (χ3n) is 0.0764. The second-order valence-corrected chi connectivity index (χ2v) is 29.9. The van der Waals surface area contributed by atoms with Crippen LogP contribution in [0, 0.1) is 0 Å². The van der Waals surface area contributed by atoms with E-state index in [0.29, 0.717) is 0 Å². The molecule has 0 nitrogen and oxygen atoms in total. The van der Waals surface area contributed by atoms with Crippen molar-refractivity contribution in [1.29, 1.82) is 0 Å². The van der Waals surface area contributed by atoms with E-state index in [-0.39, 0.29) is 11.9 Å². The summed E-state index contributed by atoms with van der Waals surface area (Å²) in [4.78, 5) is 0. The van der Waals surface area contributed by atoms with Gasteiger partial charge < -0.3 is 0 Å². The number of hydrogen-bond acceptors (Lipinski definition) is 0. The van der Waals surface area contributed by atoms with Gasteiger partial charge in [0.1, 0.15) is 0 Å². The van der Waals surface area contributed by atoms with Gasteiger partial charge in [-0.05, 0) is 0 Å². The molecule has 4 heteroatoms. The summed E-state index contributed by atoms with van der Waals surface area (Å²) in [6.07, 6.45) is 0. The van der Waals surface area contributed by atoms with E-state index in [4.69, 9.17) is 0 Å². The van der Waals surface area contributed by atoms with Crippen LogP contribution in [0.25, 0.3) is 0 Å². The van der Waals surface area contributed by atoms with E-state index in [1.165, 1.54) is 2.43 Å². The summed E-state index contributed by atoms with van der Waals surface area (Å²) >= 11 is 7.16. The minimum absolute atomic E-state index is 0.355. The summed E-state index contributed by atoms with van der Waals surface area (Å²) in [6.45, 7) is 0. The molecule has 0 aliphatic rings. The predicted molar refractivity (Wildman–Crippen MR) is 60.9 cm³/mol. The van der Waals surface area contributed by atoms with Gasteiger partial charge in [-0.3, -0.25) is 0 Å². The third-order valence-corrected chi connectivity index (χ3v) is 23.1. The molecular formula is CH2I4. The van der Waals surface area contributed by atoms with E-state index >= 15 is 0 Å². The number of rotatable bonds is 1. The first-order valence-corrected chi connectivity index (χ1v) is 16.4. The molecule has 0 spiro atoms. The molecule has 0 unspecified atom stereocenters. The first-order valence-electron chi connectivity index (χ1n) is 0.820. The Kier molecular flexibility index (Phi) is 8.02. The van der Waals surface area contributed by atoms with Crippen LogP contribution in [0.3, 0.4) is 0 Å².